The normalized spacial score (nSPS) is 20.8. The lowest BCUT2D eigenvalue weighted by atomic mass is 10.2. The molecule has 3 aromatic rings. The van der Waals surface area contributed by atoms with Crippen LogP contribution < -0.4 is 4.90 Å². The highest BCUT2D eigenvalue weighted by atomic mass is 32.1. The molecule has 5 rings (SSSR count). The minimum absolute atomic E-state index is 0.276. The van der Waals surface area contributed by atoms with Crippen molar-refractivity contribution in [1.29, 1.82) is 0 Å². The van der Waals surface area contributed by atoms with E-state index in [-0.39, 0.29) is 6.04 Å². The highest BCUT2D eigenvalue weighted by Crippen LogP contribution is 2.39. The van der Waals surface area contributed by atoms with Crippen LogP contribution in [-0.4, -0.2) is 31.3 Å². The predicted molar refractivity (Wildman–Crippen MR) is 99.1 cm³/mol. The molecule has 2 aliphatic rings. The highest BCUT2D eigenvalue weighted by Gasteiger charge is 2.33. The van der Waals surface area contributed by atoms with Crippen LogP contribution in [0.1, 0.15) is 54.7 Å². The number of nitrogens with zero attached hydrogens (tertiary/aromatic N) is 6. The Labute approximate surface area is 150 Å². The van der Waals surface area contributed by atoms with Crippen LogP contribution >= 0.6 is 11.3 Å². The first-order valence-corrected chi connectivity index (χ1v) is 10.0. The van der Waals surface area contributed by atoms with Gasteiger partial charge in [0.15, 0.2) is 5.82 Å². The van der Waals surface area contributed by atoms with Gasteiger partial charge in [-0.05, 0) is 38.7 Å². The van der Waals surface area contributed by atoms with Crippen molar-refractivity contribution in [3.63, 3.8) is 0 Å². The molecule has 3 aromatic heterocycles. The second kappa shape index (κ2) is 6.05. The van der Waals surface area contributed by atoms with Crippen LogP contribution in [-0.2, 0) is 13.0 Å². The van der Waals surface area contributed by atoms with Crippen LogP contribution in [0.4, 0.5) is 5.82 Å². The van der Waals surface area contributed by atoms with Crippen LogP contribution in [0.25, 0.3) is 10.2 Å². The first-order valence-electron chi connectivity index (χ1n) is 9.21. The Kier molecular flexibility index (Phi) is 3.69. The summed E-state index contributed by atoms with van der Waals surface area (Å²) in [5.74, 6) is 3.36. The lowest BCUT2D eigenvalue weighted by Gasteiger charge is -2.26. The lowest BCUT2D eigenvalue weighted by Crippen LogP contribution is -2.26. The molecule has 1 atom stereocenters. The molecule has 0 amide bonds. The number of anilines is 1. The molecule has 0 spiro atoms. The van der Waals surface area contributed by atoms with Crippen LogP contribution in [0.5, 0.6) is 0 Å². The van der Waals surface area contributed by atoms with Crippen LogP contribution in [0.3, 0.4) is 0 Å². The van der Waals surface area contributed by atoms with Gasteiger partial charge in [0, 0.05) is 24.4 Å². The van der Waals surface area contributed by atoms with Gasteiger partial charge in [-0.2, -0.15) is 0 Å². The van der Waals surface area contributed by atoms with Crippen LogP contribution in [0, 0.1) is 6.92 Å². The van der Waals surface area contributed by atoms with Gasteiger partial charge in [0.1, 0.15) is 22.8 Å². The van der Waals surface area contributed by atoms with Crippen LogP contribution in [0.15, 0.2) is 12.4 Å². The third kappa shape index (κ3) is 2.52. The molecule has 1 unspecified atom stereocenters. The molecule has 5 heterocycles. The van der Waals surface area contributed by atoms with Crippen molar-refractivity contribution < 1.29 is 0 Å². The van der Waals surface area contributed by atoms with E-state index < -0.39 is 0 Å². The van der Waals surface area contributed by atoms with Gasteiger partial charge in [-0.25, -0.2) is 9.97 Å². The number of hydrogen-bond acceptors (Lipinski definition) is 6. The summed E-state index contributed by atoms with van der Waals surface area (Å²) in [5.41, 5.74) is 0. The van der Waals surface area contributed by atoms with E-state index in [1.54, 1.807) is 17.7 Å². The van der Waals surface area contributed by atoms with E-state index in [1.165, 1.54) is 41.8 Å². The van der Waals surface area contributed by atoms with E-state index in [4.69, 9.17) is 0 Å². The van der Waals surface area contributed by atoms with Gasteiger partial charge in [-0.3, -0.25) is 0 Å². The highest BCUT2D eigenvalue weighted by molar-refractivity contribution is 7.18. The minimum Gasteiger partial charge on any atom is -0.346 e. The van der Waals surface area contributed by atoms with E-state index >= 15 is 0 Å². The maximum Gasteiger partial charge on any atom is 0.155 e. The molecule has 2 aliphatic heterocycles. The van der Waals surface area contributed by atoms with Gasteiger partial charge in [0.05, 0.1) is 11.4 Å². The fourth-order valence-corrected chi connectivity index (χ4v) is 5.08. The van der Waals surface area contributed by atoms with E-state index in [0.717, 1.165) is 42.4 Å². The van der Waals surface area contributed by atoms with Crippen molar-refractivity contribution in [1.82, 2.24) is 24.7 Å². The summed E-state index contributed by atoms with van der Waals surface area (Å²) in [5, 5.41) is 10.3. The molecule has 0 aliphatic carbocycles. The molecule has 0 aromatic carbocycles. The predicted octanol–water partition coefficient (Wildman–Crippen LogP) is 3.66. The summed E-state index contributed by atoms with van der Waals surface area (Å²) < 4.78 is 2.38. The molecule has 1 fully saturated rings. The van der Waals surface area contributed by atoms with Crippen LogP contribution in [0.2, 0.25) is 0 Å². The molecule has 130 valence electrons. The topological polar surface area (TPSA) is 59.7 Å². The van der Waals surface area contributed by atoms with E-state index in [1.807, 2.05) is 0 Å². The second-order valence-corrected chi connectivity index (χ2v) is 8.30. The van der Waals surface area contributed by atoms with Gasteiger partial charge in [0.2, 0.25) is 0 Å². The summed E-state index contributed by atoms with van der Waals surface area (Å²) in [4.78, 5) is 13.9. The number of thiophene rings is 1. The zero-order valence-electron chi connectivity index (χ0n) is 14.5. The molecule has 0 saturated carbocycles. The van der Waals surface area contributed by atoms with Gasteiger partial charge in [0.25, 0.3) is 0 Å². The number of rotatable bonds is 2. The first-order chi connectivity index (χ1) is 12.3. The van der Waals surface area contributed by atoms with Gasteiger partial charge in [-0.15, -0.1) is 21.5 Å². The first kappa shape index (κ1) is 15.3. The molecule has 6 nitrogen and oxygen atoms in total. The Balaban J connectivity index is 1.57. The van der Waals surface area contributed by atoms with Crippen molar-refractivity contribution in [2.45, 2.75) is 58.0 Å². The Morgan fingerprint density at radius 3 is 3.00 bits per heavy atom. The Hall–Kier alpha value is -2.02. The van der Waals surface area contributed by atoms with Crippen molar-refractivity contribution in [3.8, 4) is 0 Å². The van der Waals surface area contributed by atoms with E-state index in [0.29, 0.717) is 0 Å². The third-order valence-electron chi connectivity index (χ3n) is 5.39. The largest absolute Gasteiger partial charge is 0.346 e. The molecule has 0 bridgehead atoms. The molecule has 25 heavy (non-hydrogen) atoms. The monoisotopic (exact) mass is 354 g/mol. The summed E-state index contributed by atoms with van der Waals surface area (Å²) in [6.45, 7) is 4.21. The van der Waals surface area contributed by atoms with Crippen molar-refractivity contribution >= 4 is 27.4 Å². The van der Waals surface area contributed by atoms with E-state index in [9.17, 15) is 0 Å². The molecule has 0 N–H and O–H groups in total. The average Bonchev–Trinajstić information content (AvgIpc) is 3.28. The summed E-state index contributed by atoms with van der Waals surface area (Å²) in [6, 6.07) is 2.49. The smallest absolute Gasteiger partial charge is 0.155 e. The van der Waals surface area contributed by atoms with E-state index in [2.05, 4.69) is 42.6 Å². The van der Waals surface area contributed by atoms with Crippen molar-refractivity contribution in [2.24, 2.45) is 0 Å². The maximum absolute atomic E-state index is 4.66. The Morgan fingerprint density at radius 1 is 1.08 bits per heavy atom. The average molecular weight is 354 g/mol. The summed E-state index contributed by atoms with van der Waals surface area (Å²) in [7, 11) is 0. The molecule has 7 heteroatoms. The Morgan fingerprint density at radius 2 is 2.04 bits per heavy atom. The number of aryl methyl sites for hydroxylation is 2. The lowest BCUT2D eigenvalue weighted by molar-refractivity contribution is 0.558. The number of aromatic nitrogens is 5. The van der Waals surface area contributed by atoms with Crippen molar-refractivity contribution in [3.05, 3.63) is 28.9 Å². The SMILES string of the molecule is Cc1cc2c(N3CCCC3c3nnc4n3CCCCC4)ncnc2s1. The fourth-order valence-electron chi connectivity index (χ4n) is 4.24. The molecular weight excluding hydrogens is 332 g/mol. The quantitative estimate of drug-likeness (QED) is 0.703. The van der Waals surface area contributed by atoms with Crippen molar-refractivity contribution in [2.75, 3.05) is 11.4 Å². The zero-order chi connectivity index (χ0) is 16.8. The third-order valence-corrected chi connectivity index (χ3v) is 6.35. The fraction of sp³-hybridized carbons (Fsp3) is 0.556. The Bertz CT molecular complexity index is 914. The summed E-state index contributed by atoms with van der Waals surface area (Å²) >= 11 is 1.74. The zero-order valence-corrected chi connectivity index (χ0v) is 15.3. The van der Waals surface area contributed by atoms with Gasteiger partial charge in [-0.1, -0.05) is 6.42 Å². The number of fused-ring (bicyclic) bond motifs is 2. The van der Waals surface area contributed by atoms with Gasteiger partial charge >= 0.3 is 0 Å². The molecule has 0 radical (unpaired) electrons. The summed E-state index contributed by atoms with van der Waals surface area (Å²) in [6.07, 6.45) is 8.79. The number of hydrogen-bond donors (Lipinski definition) is 0. The second-order valence-electron chi connectivity index (χ2n) is 7.06. The maximum atomic E-state index is 4.66. The molecule has 1 saturated heterocycles. The minimum atomic E-state index is 0.276. The van der Waals surface area contributed by atoms with Gasteiger partial charge < -0.3 is 9.47 Å². The standard InChI is InChI=1S/C18H22N6S/c1-12-10-13-16(19-11-20-18(13)25-12)23-9-5-6-14(23)17-22-21-15-7-3-2-4-8-24(15)17/h10-11,14H,2-9H2,1H3. The molecular formula is C18H22N6S.